The van der Waals surface area contributed by atoms with E-state index >= 15 is 0 Å². The predicted octanol–water partition coefficient (Wildman–Crippen LogP) is 4.95. The van der Waals surface area contributed by atoms with Gasteiger partial charge in [-0.3, -0.25) is 14.8 Å². The molecule has 4 rings (SSSR count). The molecule has 10 heteroatoms. The molecule has 0 bridgehead atoms. The number of hydrogen-bond donors (Lipinski definition) is 1. The van der Waals surface area contributed by atoms with Crippen LogP contribution in [-0.2, 0) is 0 Å². The summed E-state index contributed by atoms with van der Waals surface area (Å²) in [5.41, 5.74) is 1.69. The third-order valence-electron chi connectivity index (χ3n) is 5.74. The maximum absolute atomic E-state index is 13.4. The number of likely N-dealkylation sites (tertiary alicyclic amines) is 1. The van der Waals surface area contributed by atoms with Gasteiger partial charge in [-0.2, -0.15) is 0 Å². The molecule has 7 nitrogen and oxygen atoms in total. The minimum atomic E-state index is -0.683. The summed E-state index contributed by atoms with van der Waals surface area (Å²) in [6.45, 7) is 1.07. The van der Waals surface area contributed by atoms with Crippen LogP contribution in [0.3, 0.4) is 0 Å². The van der Waals surface area contributed by atoms with Crippen LogP contribution in [0.4, 0.5) is 19.3 Å². The number of nitrogens with one attached hydrogen (secondary N) is 1. The van der Waals surface area contributed by atoms with E-state index in [1.54, 1.807) is 47.4 Å². The van der Waals surface area contributed by atoms with Crippen LogP contribution >= 0.6 is 15.9 Å². The number of pyridine rings is 2. The zero-order valence-electron chi connectivity index (χ0n) is 18.3. The number of urea groups is 1. The second kappa shape index (κ2) is 10.3. The summed E-state index contributed by atoms with van der Waals surface area (Å²) in [4.78, 5) is 37.1. The van der Waals surface area contributed by atoms with Crippen molar-refractivity contribution < 1.29 is 18.4 Å². The Hall–Kier alpha value is -3.40. The van der Waals surface area contributed by atoms with Gasteiger partial charge in [0.15, 0.2) is 0 Å². The molecule has 0 spiro atoms. The van der Waals surface area contributed by atoms with Crippen molar-refractivity contribution in [1.29, 1.82) is 0 Å². The molecular formula is C24H22BrF2N5O2. The van der Waals surface area contributed by atoms with Gasteiger partial charge in [-0.05, 0) is 59.1 Å². The van der Waals surface area contributed by atoms with E-state index in [-0.39, 0.29) is 18.0 Å². The lowest BCUT2D eigenvalue weighted by molar-refractivity contribution is 0.0670. The summed E-state index contributed by atoms with van der Waals surface area (Å²) < 4.78 is 27.6. The average Bonchev–Trinajstić information content (AvgIpc) is 2.83. The van der Waals surface area contributed by atoms with E-state index in [9.17, 15) is 18.4 Å². The second-order valence-electron chi connectivity index (χ2n) is 8.05. The normalized spacial score (nSPS) is 14.1. The summed E-state index contributed by atoms with van der Waals surface area (Å²) in [7, 11) is 1.72. The number of piperidine rings is 1. The maximum atomic E-state index is 13.4. The Bertz CT molecular complexity index is 1180. The van der Waals surface area contributed by atoms with Crippen LogP contribution in [0.15, 0.2) is 59.5 Å². The standard InChI is InChI=1S/C24H22BrF2N5O2/c1-31(21-4-6-32(7-5-21)23(33)16-8-17(25)13-28-12-16)24(34)30-20-2-3-22(29-14-20)15-9-18(26)11-19(27)10-15/h2-3,8-14,21H,4-7H2,1H3,(H,30,34). The van der Waals surface area contributed by atoms with Crippen molar-refractivity contribution in [3.05, 3.63) is 76.7 Å². The van der Waals surface area contributed by atoms with Gasteiger partial charge in [-0.15, -0.1) is 0 Å². The molecule has 0 unspecified atom stereocenters. The van der Waals surface area contributed by atoms with Gasteiger partial charge >= 0.3 is 6.03 Å². The van der Waals surface area contributed by atoms with E-state index in [0.717, 1.165) is 10.5 Å². The van der Waals surface area contributed by atoms with Gasteiger partial charge in [-0.1, -0.05) is 0 Å². The summed E-state index contributed by atoms with van der Waals surface area (Å²) in [6, 6.07) is 7.83. The Balaban J connectivity index is 1.32. The molecule has 2 aromatic heterocycles. The van der Waals surface area contributed by atoms with Crippen molar-refractivity contribution in [3.63, 3.8) is 0 Å². The van der Waals surface area contributed by atoms with E-state index in [0.29, 0.717) is 48.4 Å². The van der Waals surface area contributed by atoms with E-state index in [1.165, 1.54) is 18.3 Å². The molecule has 1 fully saturated rings. The quantitative estimate of drug-likeness (QED) is 0.518. The highest BCUT2D eigenvalue weighted by Gasteiger charge is 2.28. The Morgan fingerprint density at radius 2 is 1.76 bits per heavy atom. The van der Waals surface area contributed by atoms with Gasteiger partial charge in [0.2, 0.25) is 0 Å². The van der Waals surface area contributed by atoms with Gasteiger partial charge in [0.25, 0.3) is 5.91 Å². The Kier molecular flexibility index (Phi) is 7.16. The molecule has 176 valence electrons. The third-order valence-corrected chi connectivity index (χ3v) is 6.18. The highest BCUT2D eigenvalue weighted by Crippen LogP contribution is 2.22. The SMILES string of the molecule is CN(C(=O)Nc1ccc(-c2cc(F)cc(F)c2)nc1)C1CCN(C(=O)c2cncc(Br)c2)CC1. The first-order chi connectivity index (χ1) is 16.3. The summed E-state index contributed by atoms with van der Waals surface area (Å²) in [5.74, 6) is -1.45. The number of anilines is 1. The number of carbonyl (C=O) groups is 2. The van der Waals surface area contributed by atoms with E-state index in [2.05, 4.69) is 31.2 Å². The number of amides is 3. The van der Waals surface area contributed by atoms with E-state index < -0.39 is 11.6 Å². The molecule has 1 N–H and O–H groups in total. The first-order valence-corrected chi connectivity index (χ1v) is 11.5. The number of rotatable bonds is 4. The largest absolute Gasteiger partial charge is 0.338 e. The Morgan fingerprint density at radius 3 is 2.38 bits per heavy atom. The lowest BCUT2D eigenvalue weighted by Gasteiger charge is -2.36. The van der Waals surface area contributed by atoms with Gasteiger partial charge in [0.1, 0.15) is 11.6 Å². The fourth-order valence-electron chi connectivity index (χ4n) is 3.89. The molecule has 0 radical (unpaired) electrons. The lowest BCUT2D eigenvalue weighted by atomic mass is 10.0. The highest BCUT2D eigenvalue weighted by atomic mass is 79.9. The third kappa shape index (κ3) is 5.56. The first kappa shape index (κ1) is 23.7. The number of carbonyl (C=O) groups excluding carboxylic acids is 2. The second-order valence-corrected chi connectivity index (χ2v) is 8.96. The predicted molar refractivity (Wildman–Crippen MR) is 127 cm³/mol. The van der Waals surface area contributed by atoms with Gasteiger partial charge in [0, 0.05) is 54.7 Å². The van der Waals surface area contributed by atoms with Crippen LogP contribution in [0, 0.1) is 11.6 Å². The molecule has 34 heavy (non-hydrogen) atoms. The van der Waals surface area contributed by atoms with Crippen LogP contribution in [0.2, 0.25) is 0 Å². The monoisotopic (exact) mass is 529 g/mol. The van der Waals surface area contributed by atoms with Crippen molar-refractivity contribution >= 4 is 33.6 Å². The maximum Gasteiger partial charge on any atom is 0.321 e. The van der Waals surface area contributed by atoms with Gasteiger partial charge in [-0.25, -0.2) is 13.6 Å². The van der Waals surface area contributed by atoms with E-state index in [1.807, 2.05) is 0 Å². The topological polar surface area (TPSA) is 78.4 Å². The zero-order chi connectivity index (χ0) is 24.2. The minimum Gasteiger partial charge on any atom is -0.338 e. The molecule has 0 aliphatic carbocycles. The molecule has 1 saturated heterocycles. The van der Waals surface area contributed by atoms with Crippen molar-refractivity contribution in [2.24, 2.45) is 0 Å². The molecular weight excluding hydrogens is 508 g/mol. The molecule has 1 aromatic carbocycles. The van der Waals surface area contributed by atoms with Crippen molar-refractivity contribution in [2.45, 2.75) is 18.9 Å². The molecule has 0 saturated carbocycles. The molecule has 1 aliphatic heterocycles. The number of halogens is 3. The molecule has 3 aromatic rings. The van der Waals surface area contributed by atoms with E-state index in [4.69, 9.17) is 0 Å². The number of benzene rings is 1. The van der Waals surface area contributed by atoms with Crippen LogP contribution < -0.4 is 5.32 Å². The molecule has 3 heterocycles. The minimum absolute atomic E-state index is 0.0211. The highest BCUT2D eigenvalue weighted by molar-refractivity contribution is 9.10. The van der Waals surface area contributed by atoms with Crippen molar-refractivity contribution in [1.82, 2.24) is 19.8 Å². The molecule has 1 aliphatic rings. The summed E-state index contributed by atoms with van der Waals surface area (Å²) in [6.07, 6.45) is 5.92. The lowest BCUT2D eigenvalue weighted by Crippen LogP contribution is -2.48. The zero-order valence-corrected chi connectivity index (χ0v) is 19.9. The summed E-state index contributed by atoms with van der Waals surface area (Å²) >= 11 is 3.33. The number of nitrogens with zero attached hydrogens (tertiary/aromatic N) is 4. The van der Waals surface area contributed by atoms with Crippen LogP contribution in [0.5, 0.6) is 0 Å². The Morgan fingerprint density at radius 1 is 1.06 bits per heavy atom. The summed E-state index contributed by atoms with van der Waals surface area (Å²) in [5, 5.41) is 2.79. The fourth-order valence-corrected chi connectivity index (χ4v) is 4.25. The Labute approximate surface area is 203 Å². The van der Waals surface area contributed by atoms with Crippen LogP contribution in [0.1, 0.15) is 23.2 Å². The van der Waals surface area contributed by atoms with Crippen molar-refractivity contribution in [3.8, 4) is 11.3 Å². The number of aromatic nitrogens is 2. The number of hydrogen-bond acceptors (Lipinski definition) is 4. The van der Waals surface area contributed by atoms with Crippen LogP contribution in [-0.4, -0.2) is 57.9 Å². The fraction of sp³-hybridized carbons (Fsp3) is 0.250. The van der Waals surface area contributed by atoms with Crippen molar-refractivity contribution in [2.75, 3.05) is 25.5 Å². The van der Waals surface area contributed by atoms with Gasteiger partial charge < -0.3 is 15.1 Å². The molecule has 0 atom stereocenters. The molecule has 3 amide bonds. The average molecular weight is 530 g/mol. The smallest absolute Gasteiger partial charge is 0.321 e. The first-order valence-electron chi connectivity index (χ1n) is 10.7. The van der Waals surface area contributed by atoms with Gasteiger partial charge in [0.05, 0.1) is 23.1 Å². The van der Waals surface area contributed by atoms with Crippen LogP contribution in [0.25, 0.3) is 11.3 Å².